The van der Waals surface area contributed by atoms with Crippen molar-refractivity contribution in [3.8, 4) is 0 Å². The molecule has 0 aliphatic heterocycles. The molecule has 1 aliphatic carbocycles. The SMILES string of the molecule is C[C@@H](NC(=O)Cn1c2ccccc2c(=O)c2ccccc21)c1ccc2c(c1)CCCC2. The van der Waals surface area contributed by atoms with Gasteiger partial charge in [0.15, 0.2) is 5.43 Å². The third-order valence-electron chi connectivity index (χ3n) is 6.43. The maximum absolute atomic E-state index is 13.0. The molecule has 156 valence electrons. The summed E-state index contributed by atoms with van der Waals surface area (Å²) in [5.74, 6) is -0.0656. The highest BCUT2D eigenvalue weighted by molar-refractivity contribution is 5.94. The zero-order valence-electron chi connectivity index (χ0n) is 17.7. The summed E-state index contributed by atoms with van der Waals surface area (Å²) in [7, 11) is 0. The molecule has 4 aromatic rings. The Kier molecular flexibility index (Phi) is 5.06. The van der Waals surface area contributed by atoms with E-state index in [1.807, 2.05) is 60.0 Å². The number of hydrogen-bond donors (Lipinski definition) is 1. The normalized spacial score (nSPS) is 14.4. The number of aryl methyl sites for hydroxylation is 2. The predicted octanol–water partition coefficient (Wildman–Crippen LogP) is 4.91. The van der Waals surface area contributed by atoms with Gasteiger partial charge in [0.05, 0.1) is 17.1 Å². The second kappa shape index (κ2) is 8.03. The van der Waals surface area contributed by atoms with Crippen LogP contribution in [0.5, 0.6) is 0 Å². The monoisotopic (exact) mass is 410 g/mol. The number of para-hydroxylation sites is 2. The largest absolute Gasteiger partial charge is 0.348 e. The van der Waals surface area contributed by atoms with E-state index >= 15 is 0 Å². The van der Waals surface area contributed by atoms with E-state index in [1.54, 1.807) is 0 Å². The van der Waals surface area contributed by atoms with E-state index in [1.165, 1.54) is 24.0 Å². The van der Waals surface area contributed by atoms with Gasteiger partial charge in [-0.25, -0.2) is 0 Å². The summed E-state index contributed by atoms with van der Waals surface area (Å²) in [6, 6.07) is 21.5. The number of benzene rings is 3. The van der Waals surface area contributed by atoms with E-state index in [0.29, 0.717) is 10.8 Å². The van der Waals surface area contributed by atoms with Gasteiger partial charge in [-0.1, -0.05) is 42.5 Å². The Morgan fingerprint density at radius 3 is 2.19 bits per heavy atom. The maximum Gasteiger partial charge on any atom is 0.240 e. The lowest BCUT2D eigenvalue weighted by atomic mass is 9.89. The summed E-state index contributed by atoms with van der Waals surface area (Å²) in [4.78, 5) is 25.9. The van der Waals surface area contributed by atoms with Crippen LogP contribution in [0.3, 0.4) is 0 Å². The van der Waals surface area contributed by atoms with Crippen molar-refractivity contribution >= 4 is 27.7 Å². The van der Waals surface area contributed by atoms with Crippen molar-refractivity contribution in [2.75, 3.05) is 0 Å². The first-order chi connectivity index (χ1) is 15.1. The molecule has 1 aliphatic rings. The number of rotatable bonds is 4. The number of carbonyl (C=O) groups excluding carboxylic acids is 1. The molecule has 0 bridgehead atoms. The van der Waals surface area contributed by atoms with Crippen LogP contribution in [0.25, 0.3) is 21.8 Å². The van der Waals surface area contributed by atoms with E-state index in [-0.39, 0.29) is 23.9 Å². The fourth-order valence-corrected chi connectivity index (χ4v) is 4.78. The second-order valence-corrected chi connectivity index (χ2v) is 8.47. The molecule has 0 spiro atoms. The van der Waals surface area contributed by atoms with Crippen LogP contribution in [0.2, 0.25) is 0 Å². The average Bonchev–Trinajstić information content (AvgIpc) is 2.81. The lowest BCUT2D eigenvalue weighted by Crippen LogP contribution is -2.31. The van der Waals surface area contributed by atoms with Gasteiger partial charge in [0.2, 0.25) is 5.91 Å². The van der Waals surface area contributed by atoms with Gasteiger partial charge in [-0.2, -0.15) is 0 Å². The minimum atomic E-state index is -0.0726. The van der Waals surface area contributed by atoms with Crippen LogP contribution < -0.4 is 10.7 Å². The van der Waals surface area contributed by atoms with Gasteiger partial charge in [0.25, 0.3) is 0 Å². The zero-order chi connectivity index (χ0) is 21.4. The first-order valence-corrected chi connectivity index (χ1v) is 11.0. The van der Waals surface area contributed by atoms with Gasteiger partial charge in [0, 0.05) is 10.8 Å². The average molecular weight is 411 g/mol. The minimum Gasteiger partial charge on any atom is -0.348 e. The van der Waals surface area contributed by atoms with E-state index in [0.717, 1.165) is 29.4 Å². The standard InChI is InChI=1S/C27H26N2O2/c1-18(20-15-14-19-8-2-3-9-21(19)16-20)28-26(30)17-29-24-12-6-4-10-22(24)27(31)23-11-5-7-13-25(23)29/h4-7,10-16,18H,2-3,8-9,17H2,1H3,(H,28,30)/t18-/m1/s1. The molecule has 1 atom stereocenters. The zero-order valence-corrected chi connectivity index (χ0v) is 17.7. The fraction of sp³-hybridized carbons (Fsp3) is 0.259. The van der Waals surface area contributed by atoms with Crippen molar-refractivity contribution in [3.05, 3.63) is 93.6 Å². The molecule has 1 aromatic heterocycles. The lowest BCUT2D eigenvalue weighted by molar-refractivity contribution is -0.122. The van der Waals surface area contributed by atoms with Crippen LogP contribution in [0, 0.1) is 0 Å². The van der Waals surface area contributed by atoms with E-state index in [2.05, 4.69) is 23.5 Å². The summed E-state index contributed by atoms with van der Waals surface area (Å²) in [5.41, 5.74) is 5.57. The van der Waals surface area contributed by atoms with Crippen LogP contribution in [0.15, 0.2) is 71.5 Å². The highest BCUT2D eigenvalue weighted by Crippen LogP contribution is 2.25. The van der Waals surface area contributed by atoms with Crippen molar-refractivity contribution in [1.82, 2.24) is 9.88 Å². The first-order valence-electron chi connectivity index (χ1n) is 11.0. The number of carbonyl (C=O) groups is 1. The number of amides is 1. The quantitative estimate of drug-likeness (QED) is 0.486. The van der Waals surface area contributed by atoms with E-state index in [4.69, 9.17) is 0 Å². The van der Waals surface area contributed by atoms with Crippen molar-refractivity contribution in [1.29, 1.82) is 0 Å². The van der Waals surface area contributed by atoms with Crippen molar-refractivity contribution in [3.63, 3.8) is 0 Å². The van der Waals surface area contributed by atoms with Crippen LogP contribution in [-0.4, -0.2) is 10.5 Å². The van der Waals surface area contributed by atoms with Gasteiger partial charge in [-0.3, -0.25) is 9.59 Å². The molecule has 4 heteroatoms. The molecule has 31 heavy (non-hydrogen) atoms. The van der Waals surface area contributed by atoms with Crippen LogP contribution >= 0.6 is 0 Å². The maximum atomic E-state index is 13.0. The van der Waals surface area contributed by atoms with Crippen LogP contribution in [-0.2, 0) is 24.2 Å². The van der Waals surface area contributed by atoms with Crippen molar-refractivity contribution in [2.24, 2.45) is 0 Å². The van der Waals surface area contributed by atoms with E-state index in [9.17, 15) is 9.59 Å². The van der Waals surface area contributed by atoms with Gasteiger partial charge < -0.3 is 9.88 Å². The molecule has 1 N–H and O–H groups in total. The molecule has 1 amide bonds. The van der Waals surface area contributed by atoms with Gasteiger partial charge in [-0.05, 0) is 73.6 Å². The molecule has 0 saturated carbocycles. The summed E-state index contributed by atoms with van der Waals surface area (Å²) >= 11 is 0. The Morgan fingerprint density at radius 1 is 0.903 bits per heavy atom. The Morgan fingerprint density at radius 2 is 1.52 bits per heavy atom. The summed E-state index contributed by atoms with van der Waals surface area (Å²) in [6.45, 7) is 2.20. The molecule has 1 heterocycles. The molecule has 5 rings (SSSR count). The van der Waals surface area contributed by atoms with Crippen molar-refractivity contribution in [2.45, 2.75) is 45.2 Å². The minimum absolute atomic E-state index is 0.00489. The van der Waals surface area contributed by atoms with Gasteiger partial charge in [0.1, 0.15) is 6.54 Å². The lowest BCUT2D eigenvalue weighted by Gasteiger charge is -2.21. The number of nitrogens with one attached hydrogen (secondary N) is 1. The Hall–Kier alpha value is -3.40. The molecule has 4 nitrogen and oxygen atoms in total. The number of fused-ring (bicyclic) bond motifs is 3. The number of nitrogens with zero attached hydrogens (tertiary/aromatic N) is 1. The second-order valence-electron chi connectivity index (χ2n) is 8.47. The molecular weight excluding hydrogens is 384 g/mol. The summed E-state index contributed by atoms with van der Waals surface area (Å²) in [5, 5.41) is 4.43. The molecular formula is C27H26N2O2. The highest BCUT2D eigenvalue weighted by Gasteiger charge is 2.16. The highest BCUT2D eigenvalue weighted by atomic mass is 16.2. The predicted molar refractivity (Wildman–Crippen MR) is 125 cm³/mol. The van der Waals surface area contributed by atoms with Gasteiger partial charge >= 0.3 is 0 Å². The topological polar surface area (TPSA) is 51.1 Å². The fourth-order valence-electron chi connectivity index (χ4n) is 4.78. The summed E-state index contributed by atoms with van der Waals surface area (Å²) in [6.07, 6.45) is 4.78. The molecule has 0 saturated heterocycles. The van der Waals surface area contributed by atoms with Crippen molar-refractivity contribution < 1.29 is 4.79 Å². The van der Waals surface area contributed by atoms with Crippen LogP contribution in [0.1, 0.15) is 42.5 Å². The number of pyridine rings is 1. The number of hydrogen-bond acceptors (Lipinski definition) is 2. The third kappa shape index (κ3) is 3.63. The van der Waals surface area contributed by atoms with Gasteiger partial charge in [-0.15, -0.1) is 0 Å². The third-order valence-corrected chi connectivity index (χ3v) is 6.43. The molecule has 3 aromatic carbocycles. The smallest absolute Gasteiger partial charge is 0.240 e. The summed E-state index contributed by atoms with van der Waals surface area (Å²) < 4.78 is 1.95. The first kappa shape index (κ1) is 19.6. The number of aromatic nitrogens is 1. The van der Waals surface area contributed by atoms with Crippen LogP contribution in [0.4, 0.5) is 0 Å². The Balaban J connectivity index is 1.45. The molecule has 0 unspecified atom stereocenters. The molecule has 0 radical (unpaired) electrons. The van der Waals surface area contributed by atoms with E-state index < -0.39 is 0 Å². The molecule has 0 fully saturated rings. The Bertz CT molecular complexity index is 1290. The Labute approximate surface area is 181 Å².